The van der Waals surface area contributed by atoms with E-state index in [1.807, 2.05) is 13.0 Å². The predicted molar refractivity (Wildman–Crippen MR) is 78.3 cm³/mol. The molecule has 4 nitrogen and oxygen atoms in total. The van der Waals surface area contributed by atoms with Gasteiger partial charge in [-0.05, 0) is 30.9 Å². The van der Waals surface area contributed by atoms with Gasteiger partial charge in [0, 0.05) is 6.42 Å². The topological polar surface area (TPSA) is 41.6 Å². The van der Waals surface area contributed by atoms with Gasteiger partial charge in [-0.15, -0.1) is 0 Å². The van der Waals surface area contributed by atoms with Crippen molar-refractivity contribution in [3.05, 3.63) is 29.8 Å². The summed E-state index contributed by atoms with van der Waals surface area (Å²) in [5, 5.41) is 2.15. The molecule has 0 spiro atoms. The van der Waals surface area contributed by atoms with Crippen molar-refractivity contribution in [3.8, 4) is 0 Å². The van der Waals surface area contributed by atoms with Gasteiger partial charge in [-0.25, -0.2) is 5.43 Å². The molecular formula is C16H22N2O2. The zero-order valence-corrected chi connectivity index (χ0v) is 12.3. The van der Waals surface area contributed by atoms with Gasteiger partial charge in [0.15, 0.2) is 0 Å². The minimum atomic E-state index is -0.256. The van der Waals surface area contributed by atoms with Gasteiger partial charge < -0.3 is 9.75 Å². The van der Waals surface area contributed by atoms with Crippen LogP contribution in [0.25, 0.3) is 0 Å². The first kappa shape index (κ1) is 13.4. The number of rotatable bonds is 2. The monoisotopic (exact) mass is 274 g/mol. The number of hydrogen-bond donors (Lipinski definition) is 1. The van der Waals surface area contributed by atoms with Gasteiger partial charge in [0.25, 0.3) is 0 Å². The number of anilines is 1. The van der Waals surface area contributed by atoms with Crippen LogP contribution in [0.4, 0.5) is 5.69 Å². The molecule has 2 aliphatic rings. The lowest BCUT2D eigenvalue weighted by molar-refractivity contribution is -0.150. The average molecular weight is 274 g/mol. The van der Waals surface area contributed by atoms with Crippen LogP contribution in [0.15, 0.2) is 24.3 Å². The second-order valence-electron chi connectivity index (χ2n) is 6.22. The van der Waals surface area contributed by atoms with E-state index in [0.29, 0.717) is 5.92 Å². The molecule has 4 heteroatoms. The average Bonchev–Trinajstić information content (AvgIpc) is 2.71. The molecule has 0 amide bonds. The fourth-order valence-electron chi connectivity index (χ4n) is 3.14. The van der Waals surface area contributed by atoms with Crippen LogP contribution >= 0.6 is 0 Å². The van der Waals surface area contributed by atoms with E-state index in [0.717, 1.165) is 12.8 Å². The van der Waals surface area contributed by atoms with Crippen LogP contribution in [-0.2, 0) is 16.0 Å². The highest BCUT2D eigenvalue weighted by Gasteiger charge is 2.41. The first-order chi connectivity index (χ1) is 9.56. The molecule has 20 heavy (non-hydrogen) atoms. The number of hydrogen-bond acceptors (Lipinski definition) is 4. The number of hydrazine groups is 1. The van der Waals surface area contributed by atoms with E-state index in [-0.39, 0.29) is 24.2 Å². The van der Waals surface area contributed by atoms with E-state index in [1.54, 1.807) is 0 Å². The Morgan fingerprint density at radius 1 is 1.40 bits per heavy atom. The SMILES string of the molecule is CC(C)C[C@H]1NN2c3ccccc3C[C@H]2[C@@H](C)OC1=O. The molecular weight excluding hydrogens is 252 g/mol. The van der Waals surface area contributed by atoms with E-state index >= 15 is 0 Å². The lowest BCUT2D eigenvalue weighted by Crippen LogP contribution is -2.51. The number of para-hydroxylation sites is 1. The lowest BCUT2D eigenvalue weighted by Gasteiger charge is -2.29. The number of nitrogens with zero attached hydrogens (tertiary/aromatic N) is 1. The largest absolute Gasteiger partial charge is 0.459 e. The minimum absolute atomic E-state index is 0.0976. The maximum atomic E-state index is 12.2. The summed E-state index contributed by atoms with van der Waals surface area (Å²) in [5.74, 6) is 0.322. The fraction of sp³-hybridized carbons (Fsp3) is 0.562. The lowest BCUT2D eigenvalue weighted by atomic mass is 10.0. The van der Waals surface area contributed by atoms with Crippen molar-refractivity contribution in [2.45, 2.75) is 51.8 Å². The summed E-state index contributed by atoms with van der Waals surface area (Å²) >= 11 is 0. The molecule has 1 aromatic rings. The van der Waals surface area contributed by atoms with Gasteiger partial charge in [0.2, 0.25) is 0 Å². The van der Waals surface area contributed by atoms with Gasteiger partial charge in [-0.3, -0.25) is 4.79 Å². The first-order valence-corrected chi connectivity index (χ1v) is 7.40. The Morgan fingerprint density at radius 3 is 2.90 bits per heavy atom. The number of nitrogens with one attached hydrogen (secondary N) is 1. The van der Waals surface area contributed by atoms with Crippen molar-refractivity contribution < 1.29 is 9.53 Å². The van der Waals surface area contributed by atoms with Crippen molar-refractivity contribution in [2.24, 2.45) is 5.92 Å². The molecule has 0 aromatic heterocycles. The molecule has 3 atom stereocenters. The van der Waals surface area contributed by atoms with Crippen molar-refractivity contribution >= 4 is 11.7 Å². The van der Waals surface area contributed by atoms with Gasteiger partial charge in [-0.1, -0.05) is 32.0 Å². The summed E-state index contributed by atoms with van der Waals surface area (Å²) in [4.78, 5) is 12.2. The molecule has 1 saturated heterocycles. The van der Waals surface area contributed by atoms with Crippen molar-refractivity contribution in [2.75, 3.05) is 5.01 Å². The zero-order chi connectivity index (χ0) is 14.3. The summed E-state index contributed by atoms with van der Waals surface area (Å²) in [5.41, 5.74) is 5.90. The number of carbonyl (C=O) groups is 1. The highest BCUT2D eigenvalue weighted by atomic mass is 16.5. The third-order valence-corrected chi connectivity index (χ3v) is 4.14. The van der Waals surface area contributed by atoms with Crippen LogP contribution in [0.1, 0.15) is 32.8 Å². The second-order valence-corrected chi connectivity index (χ2v) is 6.22. The van der Waals surface area contributed by atoms with Gasteiger partial charge in [0.05, 0.1) is 11.7 Å². The normalized spacial score (nSPS) is 28.9. The fourth-order valence-corrected chi connectivity index (χ4v) is 3.14. The van der Waals surface area contributed by atoms with E-state index in [9.17, 15) is 4.79 Å². The van der Waals surface area contributed by atoms with Crippen LogP contribution in [0.2, 0.25) is 0 Å². The van der Waals surface area contributed by atoms with Gasteiger partial charge >= 0.3 is 5.97 Å². The molecule has 2 aliphatic heterocycles. The highest BCUT2D eigenvalue weighted by molar-refractivity contribution is 5.77. The molecule has 1 fully saturated rings. The van der Waals surface area contributed by atoms with Crippen LogP contribution < -0.4 is 10.4 Å². The number of carbonyl (C=O) groups excluding carboxylic acids is 1. The predicted octanol–water partition coefficient (Wildman–Crippen LogP) is 2.28. The molecule has 0 saturated carbocycles. The smallest absolute Gasteiger partial charge is 0.325 e. The molecule has 2 heterocycles. The Hall–Kier alpha value is -1.55. The van der Waals surface area contributed by atoms with Crippen LogP contribution in [0, 0.1) is 5.92 Å². The first-order valence-electron chi connectivity index (χ1n) is 7.40. The Morgan fingerprint density at radius 2 is 2.15 bits per heavy atom. The maximum Gasteiger partial charge on any atom is 0.325 e. The summed E-state index contributed by atoms with van der Waals surface area (Å²) in [6.07, 6.45) is 1.61. The Balaban J connectivity index is 1.91. The zero-order valence-electron chi connectivity index (χ0n) is 12.3. The Labute approximate surface area is 120 Å². The molecule has 0 aliphatic carbocycles. The molecule has 1 N–H and O–H groups in total. The van der Waals surface area contributed by atoms with Crippen LogP contribution in [0.5, 0.6) is 0 Å². The second kappa shape index (κ2) is 5.09. The van der Waals surface area contributed by atoms with E-state index in [1.165, 1.54) is 11.3 Å². The standard InChI is InChI=1S/C16H22N2O2/c1-10(2)8-13-16(19)20-11(3)15-9-12-6-4-5-7-14(12)18(15)17-13/h4-7,10-11,13,15,17H,8-9H2,1-3H3/t11-,13-,15+/m1/s1. The molecule has 0 bridgehead atoms. The summed E-state index contributed by atoms with van der Waals surface area (Å²) < 4.78 is 5.63. The van der Waals surface area contributed by atoms with Gasteiger partial charge in [-0.2, -0.15) is 0 Å². The minimum Gasteiger partial charge on any atom is -0.459 e. The van der Waals surface area contributed by atoms with Crippen molar-refractivity contribution in [1.29, 1.82) is 0 Å². The van der Waals surface area contributed by atoms with E-state index < -0.39 is 0 Å². The Kier molecular flexibility index (Phi) is 3.42. The van der Waals surface area contributed by atoms with E-state index in [2.05, 4.69) is 42.5 Å². The van der Waals surface area contributed by atoms with Crippen LogP contribution in [0.3, 0.4) is 0 Å². The van der Waals surface area contributed by atoms with E-state index in [4.69, 9.17) is 4.74 Å². The summed E-state index contributed by atoms with van der Waals surface area (Å²) in [6.45, 7) is 6.23. The molecule has 0 unspecified atom stereocenters. The molecule has 0 radical (unpaired) electrons. The summed E-state index contributed by atoms with van der Waals surface area (Å²) in [7, 11) is 0. The highest BCUT2D eigenvalue weighted by Crippen LogP contribution is 2.34. The Bertz CT molecular complexity index is 515. The number of cyclic esters (lactones) is 1. The van der Waals surface area contributed by atoms with Crippen molar-refractivity contribution in [3.63, 3.8) is 0 Å². The molecule has 108 valence electrons. The number of fused-ring (bicyclic) bond motifs is 3. The number of ether oxygens (including phenoxy) is 1. The number of esters is 1. The third-order valence-electron chi connectivity index (χ3n) is 4.14. The molecule has 1 aromatic carbocycles. The van der Waals surface area contributed by atoms with Gasteiger partial charge in [0.1, 0.15) is 12.1 Å². The number of benzene rings is 1. The molecule has 3 rings (SSSR count). The van der Waals surface area contributed by atoms with Crippen molar-refractivity contribution in [1.82, 2.24) is 5.43 Å². The summed E-state index contributed by atoms with van der Waals surface area (Å²) in [6, 6.07) is 8.29. The quantitative estimate of drug-likeness (QED) is 0.840. The van der Waals surface area contributed by atoms with Crippen LogP contribution in [-0.4, -0.2) is 24.2 Å². The third kappa shape index (κ3) is 2.29. The maximum absolute atomic E-state index is 12.2.